The summed E-state index contributed by atoms with van der Waals surface area (Å²) in [7, 11) is -3.82. The zero-order valence-electron chi connectivity index (χ0n) is 28.8. The zero-order chi connectivity index (χ0) is 34.6. The molecule has 0 spiro atoms. The topological polar surface area (TPSA) is 166 Å². The summed E-state index contributed by atoms with van der Waals surface area (Å²) in [6.07, 6.45) is -1.02. The predicted octanol–water partition coefficient (Wildman–Crippen LogP) is 1.94. The first-order valence-corrected chi connectivity index (χ1v) is 17.5. The van der Waals surface area contributed by atoms with Crippen molar-refractivity contribution in [3.8, 4) is 0 Å². The lowest BCUT2D eigenvalue weighted by Gasteiger charge is -2.34. The fourth-order valence-corrected chi connectivity index (χ4v) is 6.11. The number of hydrogen-bond donors (Lipinski definition) is 2. The van der Waals surface area contributed by atoms with Crippen LogP contribution in [0.5, 0.6) is 0 Å². The number of aliphatic carboxylic acids is 1. The van der Waals surface area contributed by atoms with E-state index in [1.807, 2.05) is 14.7 Å². The molecule has 0 aliphatic carbocycles. The number of carboxylic acid groups (broad SMARTS) is 1. The van der Waals surface area contributed by atoms with Crippen molar-refractivity contribution in [2.24, 2.45) is 0 Å². The van der Waals surface area contributed by atoms with E-state index in [0.29, 0.717) is 52.4 Å². The molecule has 0 saturated carbocycles. The van der Waals surface area contributed by atoms with Gasteiger partial charge in [0.25, 0.3) is 0 Å². The van der Waals surface area contributed by atoms with E-state index in [9.17, 15) is 28.6 Å². The SMILES string of the molecule is CC(C)(C)OC(=O)CN1CCN(CC(=O)OC(C)(C)C)CCN(CP(=O)(O)CCC(=O)O)CCN(CC(=O)OC(C)(C)C)CC1. The van der Waals surface area contributed by atoms with E-state index in [2.05, 4.69) is 0 Å². The van der Waals surface area contributed by atoms with Crippen molar-refractivity contribution >= 4 is 31.2 Å². The van der Waals surface area contributed by atoms with Crippen LogP contribution < -0.4 is 0 Å². The number of carbonyl (C=O) groups is 4. The summed E-state index contributed by atoms with van der Waals surface area (Å²) in [6.45, 7) is 18.9. The maximum Gasteiger partial charge on any atom is 0.320 e. The molecule has 262 valence electrons. The lowest BCUT2D eigenvalue weighted by molar-refractivity contribution is -0.158. The molecule has 14 nitrogen and oxygen atoms in total. The highest BCUT2D eigenvalue weighted by Gasteiger charge is 2.28. The number of carbonyl (C=O) groups excluding carboxylic acids is 3. The molecule has 0 bridgehead atoms. The molecule has 1 atom stereocenters. The highest BCUT2D eigenvalue weighted by atomic mass is 31.2. The molecule has 1 heterocycles. The van der Waals surface area contributed by atoms with Gasteiger partial charge in [0, 0.05) is 58.5 Å². The number of hydrogen-bond acceptors (Lipinski definition) is 12. The normalized spacial score (nSPS) is 19.1. The second kappa shape index (κ2) is 17.7. The van der Waals surface area contributed by atoms with Crippen molar-refractivity contribution < 1.29 is 48.0 Å². The fraction of sp³-hybridized carbons (Fsp3) is 0.867. The Morgan fingerprint density at radius 2 is 0.844 bits per heavy atom. The summed E-state index contributed by atoms with van der Waals surface area (Å²) >= 11 is 0. The van der Waals surface area contributed by atoms with E-state index in [4.69, 9.17) is 19.3 Å². The van der Waals surface area contributed by atoms with E-state index < -0.39 is 54.5 Å². The maximum atomic E-state index is 13.0. The molecule has 1 aliphatic rings. The molecular formula is C30H57N4O10P. The Bertz CT molecular complexity index is 989. The minimum atomic E-state index is -3.82. The first-order chi connectivity index (χ1) is 20.4. The van der Waals surface area contributed by atoms with Gasteiger partial charge in [-0.1, -0.05) is 0 Å². The summed E-state index contributed by atoms with van der Waals surface area (Å²) in [4.78, 5) is 67.4. The molecular weight excluding hydrogens is 607 g/mol. The largest absolute Gasteiger partial charge is 0.481 e. The van der Waals surface area contributed by atoms with Gasteiger partial charge in [0.1, 0.15) is 16.8 Å². The summed E-state index contributed by atoms with van der Waals surface area (Å²) in [5.74, 6) is -2.38. The Kier molecular flexibility index (Phi) is 16.1. The summed E-state index contributed by atoms with van der Waals surface area (Å²) in [5, 5.41) is 9.04. The van der Waals surface area contributed by atoms with E-state index in [0.717, 1.165) is 0 Å². The molecule has 1 saturated heterocycles. The Balaban J connectivity index is 3.27. The average molecular weight is 665 g/mol. The van der Waals surface area contributed by atoms with Crippen molar-refractivity contribution in [1.82, 2.24) is 19.6 Å². The van der Waals surface area contributed by atoms with Gasteiger partial charge in [-0.3, -0.25) is 43.3 Å². The van der Waals surface area contributed by atoms with Gasteiger partial charge in [0.05, 0.1) is 32.3 Å². The number of nitrogens with zero attached hydrogens (tertiary/aromatic N) is 4. The average Bonchev–Trinajstić information content (AvgIpc) is 2.80. The quantitative estimate of drug-likeness (QED) is 0.187. The molecule has 0 amide bonds. The monoisotopic (exact) mass is 664 g/mol. The lowest BCUT2D eigenvalue weighted by Crippen LogP contribution is -2.49. The van der Waals surface area contributed by atoms with Crippen molar-refractivity contribution in [1.29, 1.82) is 0 Å². The van der Waals surface area contributed by atoms with E-state index in [1.165, 1.54) is 0 Å². The Morgan fingerprint density at radius 3 is 1.09 bits per heavy atom. The van der Waals surface area contributed by atoms with Crippen molar-refractivity contribution in [3.63, 3.8) is 0 Å². The number of carboxylic acids is 1. The van der Waals surface area contributed by atoms with Crippen molar-refractivity contribution in [2.45, 2.75) is 85.5 Å². The van der Waals surface area contributed by atoms with Crippen LogP contribution in [-0.4, -0.2) is 155 Å². The molecule has 2 N–H and O–H groups in total. The molecule has 1 fully saturated rings. The molecule has 1 rings (SSSR count). The summed E-state index contributed by atoms with van der Waals surface area (Å²) in [5.41, 5.74) is -2.01. The van der Waals surface area contributed by atoms with Crippen LogP contribution in [0, 0.1) is 0 Å². The standard InChI is InChI=1S/C30H57N4O10P/c1-28(2,3)42-25(37)20-31-11-13-32(21-26(38)43-29(4,5)6)15-17-34(23-45(40,41)19-10-24(35)36)18-16-33(14-12-31)22-27(39)44-30(7,8)9/h10-23H2,1-9H3,(H,35,36)(H,40,41). The predicted molar refractivity (Wildman–Crippen MR) is 170 cm³/mol. The van der Waals surface area contributed by atoms with Crippen LogP contribution in [0.4, 0.5) is 0 Å². The van der Waals surface area contributed by atoms with Crippen molar-refractivity contribution in [2.75, 3.05) is 84.4 Å². The van der Waals surface area contributed by atoms with Crippen LogP contribution in [0.25, 0.3) is 0 Å². The molecule has 15 heteroatoms. The van der Waals surface area contributed by atoms with Crippen LogP contribution >= 0.6 is 7.37 Å². The first kappa shape index (κ1) is 40.9. The molecule has 1 aliphatic heterocycles. The smallest absolute Gasteiger partial charge is 0.320 e. The molecule has 0 radical (unpaired) electrons. The minimum Gasteiger partial charge on any atom is -0.481 e. The molecule has 0 aromatic rings. The van der Waals surface area contributed by atoms with Gasteiger partial charge in [0.15, 0.2) is 0 Å². The molecule has 0 aromatic carbocycles. The third-order valence-corrected chi connectivity index (χ3v) is 8.11. The minimum absolute atomic E-state index is 0.0151. The third-order valence-electron chi connectivity index (χ3n) is 6.34. The van der Waals surface area contributed by atoms with E-state index >= 15 is 0 Å². The van der Waals surface area contributed by atoms with Gasteiger partial charge in [-0.05, 0) is 62.3 Å². The van der Waals surface area contributed by atoms with Crippen LogP contribution in [-0.2, 0) is 38.0 Å². The maximum absolute atomic E-state index is 13.0. The van der Waals surface area contributed by atoms with Crippen LogP contribution in [0.15, 0.2) is 0 Å². The third kappa shape index (κ3) is 21.4. The van der Waals surface area contributed by atoms with Crippen molar-refractivity contribution in [3.05, 3.63) is 0 Å². The van der Waals surface area contributed by atoms with Gasteiger partial charge >= 0.3 is 23.9 Å². The van der Waals surface area contributed by atoms with Gasteiger partial charge in [-0.25, -0.2) is 0 Å². The summed E-state index contributed by atoms with van der Waals surface area (Å²) in [6, 6.07) is 0. The Morgan fingerprint density at radius 1 is 0.578 bits per heavy atom. The molecule has 1 unspecified atom stereocenters. The second-order valence-electron chi connectivity index (χ2n) is 14.6. The van der Waals surface area contributed by atoms with Crippen LogP contribution in [0.1, 0.15) is 68.7 Å². The highest BCUT2D eigenvalue weighted by molar-refractivity contribution is 7.57. The van der Waals surface area contributed by atoms with E-state index in [-0.39, 0.29) is 32.1 Å². The number of esters is 3. The molecule has 45 heavy (non-hydrogen) atoms. The first-order valence-electron chi connectivity index (χ1n) is 15.5. The van der Waals surface area contributed by atoms with Crippen LogP contribution in [0.2, 0.25) is 0 Å². The second-order valence-corrected chi connectivity index (χ2v) is 17.0. The molecule has 0 aromatic heterocycles. The van der Waals surface area contributed by atoms with Gasteiger partial charge in [-0.2, -0.15) is 0 Å². The lowest BCUT2D eigenvalue weighted by atomic mass is 10.2. The highest BCUT2D eigenvalue weighted by Crippen LogP contribution is 2.41. The van der Waals surface area contributed by atoms with Gasteiger partial charge < -0.3 is 24.2 Å². The fourth-order valence-electron chi connectivity index (χ4n) is 4.52. The number of rotatable bonds is 11. The van der Waals surface area contributed by atoms with Gasteiger partial charge in [0.2, 0.25) is 7.37 Å². The van der Waals surface area contributed by atoms with E-state index in [1.54, 1.807) is 67.2 Å². The van der Waals surface area contributed by atoms with Gasteiger partial charge in [-0.15, -0.1) is 0 Å². The number of ether oxygens (including phenoxy) is 3. The Hall–Kier alpha value is -2.09. The van der Waals surface area contributed by atoms with Crippen LogP contribution in [0.3, 0.4) is 0 Å². The Labute approximate surface area is 268 Å². The summed E-state index contributed by atoms with van der Waals surface area (Å²) < 4.78 is 29.6. The zero-order valence-corrected chi connectivity index (χ0v) is 29.7.